The zero-order chi connectivity index (χ0) is 8.43. The van der Waals surface area contributed by atoms with Gasteiger partial charge in [0.05, 0.1) is 0 Å². The van der Waals surface area contributed by atoms with E-state index < -0.39 is 0 Å². The Morgan fingerprint density at radius 2 is 2.18 bits per heavy atom. The number of alkyl halides is 2. The summed E-state index contributed by atoms with van der Waals surface area (Å²) in [6.07, 6.45) is 1.32. The van der Waals surface area contributed by atoms with Gasteiger partial charge in [-0.15, -0.1) is 0 Å². The number of halogens is 1. The van der Waals surface area contributed by atoms with Crippen LogP contribution >= 0.6 is 0 Å². The molecule has 1 saturated carbocycles. The van der Waals surface area contributed by atoms with Gasteiger partial charge in [0.1, 0.15) is 0 Å². The second-order valence-corrected chi connectivity index (χ2v) is 6.77. The average Bonchev–Trinajstić information content (AvgIpc) is 2.57. The summed E-state index contributed by atoms with van der Waals surface area (Å²) in [5.74, 6) is 1.42. The van der Waals surface area contributed by atoms with Gasteiger partial charge < -0.3 is 0 Å². The predicted molar refractivity (Wildman–Crippen MR) is 45.0 cm³/mol. The maximum absolute atomic E-state index is 7.66. The number of hydrogen-bond acceptors (Lipinski definition) is 1. The van der Waals surface area contributed by atoms with Gasteiger partial charge in [0.15, 0.2) is 0 Å². The molecule has 2 unspecified atom stereocenters. The minimum absolute atomic E-state index is 0.338. The summed E-state index contributed by atoms with van der Waals surface area (Å²) in [6.45, 7) is 6.74. The Balaban J connectivity index is 2.25. The quantitative estimate of drug-likeness (QED) is 0.507. The topological polar surface area (TPSA) is 23.9 Å². The molecule has 2 heteroatoms. The van der Waals surface area contributed by atoms with Crippen LogP contribution in [0.4, 0.5) is 0 Å². The molecule has 1 fully saturated rings. The van der Waals surface area contributed by atoms with E-state index in [1.54, 1.807) is 0 Å². The van der Waals surface area contributed by atoms with Crippen LogP contribution in [0, 0.1) is 17.2 Å². The Morgan fingerprint density at radius 1 is 1.55 bits per heavy atom. The van der Waals surface area contributed by atoms with Crippen molar-refractivity contribution in [3.05, 3.63) is 0 Å². The van der Waals surface area contributed by atoms with Crippen LogP contribution in [-0.2, 0) is 0 Å². The second-order valence-electron chi connectivity index (χ2n) is 3.47. The summed E-state index contributed by atoms with van der Waals surface area (Å²) in [4.78, 5) is 0. The van der Waals surface area contributed by atoms with E-state index in [0.29, 0.717) is 27.1 Å². The van der Waals surface area contributed by atoms with Crippen LogP contribution in [0.1, 0.15) is 27.2 Å². The summed E-state index contributed by atoms with van der Waals surface area (Å²) in [5.41, 5.74) is 1.07. The number of hydrogen-bond donors (Lipinski definition) is 1. The van der Waals surface area contributed by atoms with E-state index in [-0.39, 0.29) is 0 Å². The van der Waals surface area contributed by atoms with Crippen molar-refractivity contribution in [3.63, 3.8) is 0 Å². The van der Waals surface area contributed by atoms with E-state index in [4.69, 9.17) is 5.41 Å². The molecule has 0 amide bonds. The molecule has 0 saturated heterocycles. The van der Waals surface area contributed by atoms with E-state index in [0.717, 1.165) is 15.6 Å². The molecule has 1 nitrogen and oxygen atoms in total. The van der Waals surface area contributed by atoms with Crippen LogP contribution in [0.25, 0.3) is 0 Å². The fraction of sp³-hybridized carbons (Fsp3) is 0.889. The fourth-order valence-corrected chi connectivity index (χ4v) is 5.09. The van der Waals surface area contributed by atoms with Crippen molar-refractivity contribution in [2.45, 2.75) is 31.1 Å². The van der Waals surface area contributed by atoms with Crippen molar-refractivity contribution in [1.29, 1.82) is 5.41 Å². The Kier molecular flexibility index (Phi) is 3.34. The van der Waals surface area contributed by atoms with Crippen LogP contribution in [0.5, 0.6) is 0 Å². The maximum atomic E-state index is 7.66. The molecule has 0 radical (unpaired) electrons. The fourth-order valence-electron chi connectivity index (χ4n) is 1.35. The van der Waals surface area contributed by atoms with E-state index >= 15 is 0 Å². The molecular weight excluding hydrogens is 249 g/mol. The molecule has 66 valence electrons. The van der Waals surface area contributed by atoms with E-state index in [1.165, 1.54) is 10.8 Å². The molecule has 1 aliphatic carbocycles. The normalized spacial score (nSPS) is 30.0. The molecule has 2 atom stereocenters. The summed E-state index contributed by atoms with van der Waals surface area (Å²) in [5, 5.41) is 7.66. The van der Waals surface area contributed by atoms with Gasteiger partial charge in [-0.25, -0.2) is 0 Å². The average molecular weight is 266 g/mol. The Hall–Kier alpha value is 0.400. The Morgan fingerprint density at radius 3 is 2.55 bits per heavy atom. The molecule has 1 N–H and O–H groups in total. The summed E-state index contributed by atoms with van der Waals surface area (Å²) >= 11 is 0.338. The molecule has 11 heavy (non-hydrogen) atoms. The molecule has 1 rings (SSSR count). The first-order chi connectivity index (χ1) is 5.18. The minimum atomic E-state index is 0.338. The Labute approximate surface area is 79.7 Å². The summed E-state index contributed by atoms with van der Waals surface area (Å²) in [7, 11) is 0. The zero-order valence-electron chi connectivity index (χ0n) is 7.52. The van der Waals surface area contributed by atoms with Gasteiger partial charge in [0, 0.05) is 0 Å². The molecule has 0 bridgehead atoms. The van der Waals surface area contributed by atoms with Gasteiger partial charge in [-0.05, 0) is 0 Å². The van der Waals surface area contributed by atoms with Gasteiger partial charge in [-0.1, -0.05) is 0 Å². The molecule has 0 aliphatic heterocycles. The summed E-state index contributed by atoms with van der Waals surface area (Å²) in [6, 6.07) is 0. The van der Waals surface area contributed by atoms with Crippen molar-refractivity contribution >= 4 is 5.71 Å². The van der Waals surface area contributed by atoms with E-state index in [9.17, 15) is 0 Å². The van der Waals surface area contributed by atoms with E-state index in [2.05, 4.69) is 20.8 Å². The molecule has 0 heterocycles. The van der Waals surface area contributed by atoms with Crippen LogP contribution in [-0.4, -0.2) is 14.1 Å². The van der Waals surface area contributed by atoms with Crippen molar-refractivity contribution < 1.29 is 21.2 Å². The molecule has 0 spiro atoms. The van der Waals surface area contributed by atoms with Crippen molar-refractivity contribution in [3.8, 4) is 0 Å². The van der Waals surface area contributed by atoms with Crippen LogP contribution in [0.15, 0.2) is 0 Å². The van der Waals surface area contributed by atoms with Gasteiger partial charge in [0.25, 0.3) is 0 Å². The van der Waals surface area contributed by atoms with E-state index in [1.807, 2.05) is 0 Å². The second kappa shape index (κ2) is 3.87. The third-order valence-electron chi connectivity index (χ3n) is 2.04. The van der Waals surface area contributed by atoms with Gasteiger partial charge in [0.2, 0.25) is 0 Å². The number of rotatable bonds is 4. The van der Waals surface area contributed by atoms with Crippen LogP contribution in [0.3, 0.4) is 0 Å². The van der Waals surface area contributed by atoms with Crippen molar-refractivity contribution in [2.75, 3.05) is 4.43 Å². The van der Waals surface area contributed by atoms with Gasteiger partial charge in [-0.2, -0.15) is 0 Å². The molecule has 0 aromatic heterocycles. The Bertz CT molecular complexity index is 154. The van der Waals surface area contributed by atoms with Gasteiger partial charge in [-0.3, -0.25) is 0 Å². The monoisotopic (exact) mass is 266 g/mol. The van der Waals surface area contributed by atoms with Crippen molar-refractivity contribution in [2.24, 2.45) is 11.8 Å². The zero-order valence-corrected chi connectivity index (χ0v) is 9.68. The van der Waals surface area contributed by atoms with Crippen LogP contribution in [0.2, 0.25) is 0 Å². The molecule has 0 aromatic carbocycles. The predicted octanol–water partition coefficient (Wildman–Crippen LogP) is -0.840. The van der Waals surface area contributed by atoms with Crippen molar-refractivity contribution in [1.82, 2.24) is 0 Å². The molecule has 0 aromatic rings. The molecule has 1 aliphatic rings. The van der Waals surface area contributed by atoms with Crippen LogP contribution < -0.4 is 21.2 Å². The first-order valence-electron chi connectivity index (χ1n) is 4.34. The first-order valence-corrected chi connectivity index (χ1v) is 7.11. The van der Waals surface area contributed by atoms with Gasteiger partial charge >= 0.3 is 79.7 Å². The number of nitrogens with one attached hydrogen (secondary N) is 1. The standard InChI is InChI=1S/C9H17IN/c1-4-5-10-8-7(6(2)3)9(8)11/h6-8,11H,4-5H2,1-3H3/q-1. The third kappa shape index (κ3) is 2.17. The first kappa shape index (κ1) is 9.49. The molecular formula is C9H17IN-. The SMILES string of the molecule is CCC[I-]C1C(=N)C1C(C)C. The third-order valence-corrected chi connectivity index (χ3v) is 6.14. The summed E-state index contributed by atoms with van der Waals surface area (Å²) < 4.78 is 2.18.